The molecule has 0 unspecified atom stereocenters. The van der Waals surface area contributed by atoms with Crippen LogP contribution in [0.15, 0.2) is 17.5 Å². The minimum absolute atomic E-state index is 0.216. The molecule has 2 aliphatic heterocycles. The molecule has 1 saturated heterocycles. The van der Waals surface area contributed by atoms with Crippen LogP contribution in [0.3, 0.4) is 0 Å². The molecule has 1 atom stereocenters. The average Bonchev–Trinajstić information content (AvgIpc) is 3.26. The van der Waals surface area contributed by atoms with Crippen molar-refractivity contribution >= 4 is 52.4 Å². The molecule has 3 heterocycles. The summed E-state index contributed by atoms with van der Waals surface area (Å²) in [4.78, 5) is 51.9. The van der Waals surface area contributed by atoms with Crippen molar-refractivity contribution in [3.63, 3.8) is 0 Å². The lowest BCUT2D eigenvalue weighted by atomic mass is 9.97. The second-order valence-electron chi connectivity index (χ2n) is 8.94. The fraction of sp³-hybridized carbons (Fsp3) is 0.417. The number of imide groups is 1. The summed E-state index contributed by atoms with van der Waals surface area (Å²) in [5.41, 5.74) is 4.06. The highest BCUT2D eigenvalue weighted by molar-refractivity contribution is 7.10. The Bertz CT molecular complexity index is 1180. The smallest absolute Gasteiger partial charge is 0.319 e. The summed E-state index contributed by atoms with van der Waals surface area (Å²) in [5, 5.41) is 10.4. The van der Waals surface area contributed by atoms with E-state index in [0.29, 0.717) is 29.1 Å². The Balaban J connectivity index is 1.41. The molecule has 0 radical (unpaired) electrons. The van der Waals surface area contributed by atoms with Crippen LogP contribution < -0.4 is 16.0 Å². The van der Waals surface area contributed by atoms with Crippen molar-refractivity contribution < 1.29 is 19.2 Å². The number of rotatable bonds is 5. The zero-order valence-electron chi connectivity index (χ0n) is 19.3. The van der Waals surface area contributed by atoms with Gasteiger partial charge in [0.1, 0.15) is 6.04 Å². The van der Waals surface area contributed by atoms with E-state index >= 15 is 0 Å². The topological polar surface area (TPSA) is 108 Å². The molecule has 3 N–H and O–H groups in total. The van der Waals surface area contributed by atoms with E-state index in [1.165, 1.54) is 16.2 Å². The molecular weight excluding hydrogens is 476 g/mol. The monoisotopic (exact) mass is 502 g/mol. The summed E-state index contributed by atoms with van der Waals surface area (Å²) < 4.78 is 0. The molecule has 10 heteroatoms. The van der Waals surface area contributed by atoms with E-state index in [2.05, 4.69) is 29.8 Å². The van der Waals surface area contributed by atoms with Crippen molar-refractivity contribution in [3.8, 4) is 0 Å². The molecule has 180 valence electrons. The molecule has 1 aromatic heterocycles. The van der Waals surface area contributed by atoms with Gasteiger partial charge < -0.3 is 15.5 Å². The standard InChI is InChI=1S/C24H27ClN4O4S/c1-12(2)15-7-14(8-18(25)13(15)3)27-24(33)26-9-20-16-10-29(23(32)17(16)11-34-20)19-5-4-6-21(30)28-22(19)31/h7-8,11-12,19H,4-6,9-10H2,1-3H3,(H2,26,27,33)(H,28,30,31)/t19-/m0/s1. The Morgan fingerprint density at radius 3 is 2.79 bits per heavy atom. The molecule has 5 amide bonds. The largest absolute Gasteiger partial charge is 0.333 e. The quantitative estimate of drug-likeness (QED) is 0.529. The highest BCUT2D eigenvalue weighted by atomic mass is 35.5. The first-order valence-corrected chi connectivity index (χ1v) is 12.5. The van der Waals surface area contributed by atoms with Crippen LogP contribution in [-0.2, 0) is 22.7 Å². The Labute approximate surface area is 207 Å². The SMILES string of the molecule is Cc1c(Cl)cc(NC(=O)NCc2scc3c2CN([C@H]2CCCC(=O)NC2=O)C3=O)cc1C(C)C. The van der Waals surface area contributed by atoms with Gasteiger partial charge in [0.2, 0.25) is 11.8 Å². The second kappa shape index (κ2) is 9.76. The van der Waals surface area contributed by atoms with Crippen LogP contribution in [0.4, 0.5) is 10.5 Å². The van der Waals surface area contributed by atoms with Gasteiger partial charge in [0, 0.05) is 33.9 Å². The molecule has 34 heavy (non-hydrogen) atoms. The van der Waals surface area contributed by atoms with Crippen LogP contribution in [0.1, 0.15) is 71.0 Å². The number of urea groups is 1. The van der Waals surface area contributed by atoms with Crippen molar-refractivity contribution in [2.45, 2.75) is 65.1 Å². The van der Waals surface area contributed by atoms with Crippen molar-refractivity contribution in [2.75, 3.05) is 5.32 Å². The van der Waals surface area contributed by atoms with Crippen molar-refractivity contribution in [3.05, 3.63) is 49.7 Å². The lowest BCUT2D eigenvalue weighted by Gasteiger charge is -2.25. The van der Waals surface area contributed by atoms with E-state index in [4.69, 9.17) is 11.6 Å². The van der Waals surface area contributed by atoms with Gasteiger partial charge in [-0.3, -0.25) is 19.7 Å². The summed E-state index contributed by atoms with van der Waals surface area (Å²) in [5.74, 6) is -0.682. The van der Waals surface area contributed by atoms with Gasteiger partial charge in [0.05, 0.1) is 12.1 Å². The summed E-state index contributed by atoms with van der Waals surface area (Å²) in [6, 6.07) is 2.61. The van der Waals surface area contributed by atoms with E-state index in [1.807, 2.05) is 13.0 Å². The van der Waals surface area contributed by atoms with Gasteiger partial charge in [-0.2, -0.15) is 0 Å². The van der Waals surface area contributed by atoms with Gasteiger partial charge in [-0.05, 0) is 54.5 Å². The number of fused-ring (bicyclic) bond motifs is 1. The van der Waals surface area contributed by atoms with Crippen LogP contribution in [0.5, 0.6) is 0 Å². The van der Waals surface area contributed by atoms with Gasteiger partial charge >= 0.3 is 6.03 Å². The fourth-order valence-corrected chi connectivity index (χ4v) is 5.65. The lowest BCUT2D eigenvalue weighted by molar-refractivity contribution is -0.132. The molecular formula is C24H27ClN4O4S. The second-order valence-corrected chi connectivity index (χ2v) is 10.3. The molecule has 8 nitrogen and oxygen atoms in total. The van der Waals surface area contributed by atoms with Crippen LogP contribution in [0.2, 0.25) is 5.02 Å². The first-order valence-electron chi connectivity index (χ1n) is 11.2. The minimum atomic E-state index is -0.665. The third-order valence-electron chi connectivity index (χ3n) is 6.30. The minimum Gasteiger partial charge on any atom is -0.333 e. The van der Waals surface area contributed by atoms with Crippen molar-refractivity contribution in [1.29, 1.82) is 0 Å². The number of thiophene rings is 1. The summed E-state index contributed by atoms with van der Waals surface area (Å²) in [6.07, 6.45) is 1.28. The zero-order chi connectivity index (χ0) is 24.6. The molecule has 0 aliphatic carbocycles. The van der Waals surface area contributed by atoms with Gasteiger partial charge in [-0.25, -0.2) is 4.79 Å². The molecule has 4 rings (SSSR count). The maximum atomic E-state index is 12.9. The van der Waals surface area contributed by atoms with Crippen LogP contribution in [0, 0.1) is 6.92 Å². The number of halogens is 1. The molecule has 1 fully saturated rings. The normalized spacial score (nSPS) is 18.1. The number of anilines is 1. The zero-order valence-corrected chi connectivity index (χ0v) is 20.9. The van der Waals surface area contributed by atoms with Gasteiger partial charge in [0.15, 0.2) is 0 Å². The first-order chi connectivity index (χ1) is 16.2. The van der Waals surface area contributed by atoms with Gasteiger partial charge in [-0.15, -0.1) is 11.3 Å². The third kappa shape index (κ3) is 4.81. The van der Waals surface area contributed by atoms with Crippen molar-refractivity contribution in [1.82, 2.24) is 15.5 Å². The number of carbonyl (C=O) groups is 4. The predicted octanol–water partition coefficient (Wildman–Crippen LogP) is 4.31. The molecule has 2 aromatic rings. The molecule has 2 aliphatic rings. The maximum absolute atomic E-state index is 12.9. The first kappa shape index (κ1) is 24.2. The van der Waals surface area contributed by atoms with E-state index in [-0.39, 0.29) is 43.3 Å². The summed E-state index contributed by atoms with van der Waals surface area (Å²) in [7, 11) is 0. The highest BCUT2D eigenvalue weighted by Crippen LogP contribution is 2.34. The van der Waals surface area contributed by atoms with E-state index in [9.17, 15) is 19.2 Å². The number of nitrogens with zero attached hydrogens (tertiary/aromatic N) is 1. The Morgan fingerprint density at radius 1 is 1.29 bits per heavy atom. The van der Waals surface area contributed by atoms with E-state index in [0.717, 1.165) is 21.6 Å². The Morgan fingerprint density at radius 2 is 2.06 bits per heavy atom. The molecule has 0 spiro atoms. The summed E-state index contributed by atoms with van der Waals surface area (Å²) >= 11 is 7.74. The number of carbonyl (C=O) groups excluding carboxylic acids is 4. The highest BCUT2D eigenvalue weighted by Gasteiger charge is 2.39. The molecule has 0 saturated carbocycles. The van der Waals surface area contributed by atoms with Crippen LogP contribution >= 0.6 is 22.9 Å². The fourth-order valence-electron chi connectivity index (χ4n) is 4.45. The number of benzene rings is 1. The average molecular weight is 503 g/mol. The predicted molar refractivity (Wildman–Crippen MR) is 131 cm³/mol. The summed E-state index contributed by atoms with van der Waals surface area (Å²) in [6.45, 7) is 6.63. The Kier molecular flexibility index (Phi) is 6.95. The number of hydrogen-bond donors (Lipinski definition) is 3. The number of amides is 5. The van der Waals surface area contributed by atoms with Crippen molar-refractivity contribution in [2.24, 2.45) is 0 Å². The lowest BCUT2D eigenvalue weighted by Crippen LogP contribution is -2.47. The number of hydrogen-bond acceptors (Lipinski definition) is 5. The van der Waals surface area contributed by atoms with Gasteiger partial charge in [-0.1, -0.05) is 25.4 Å². The van der Waals surface area contributed by atoms with Crippen LogP contribution in [0.25, 0.3) is 0 Å². The third-order valence-corrected chi connectivity index (χ3v) is 7.72. The van der Waals surface area contributed by atoms with E-state index < -0.39 is 11.9 Å². The van der Waals surface area contributed by atoms with E-state index in [1.54, 1.807) is 11.4 Å². The van der Waals surface area contributed by atoms with Crippen LogP contribution in [-0.4, -0.2) is 34.7 Å². The molecule has 0 bridgehead atoms. The maximum Gasteiger partial charge on any atom is 0.319 e. The number of nitrogens with one attached hydrogen (secondary N) is 3. The van der Waals surface area contributed by atoms with Gasteiger partial charge in [0.25, 0.3) is 5.91 Å². The molecule has 1 aromatic carbocycles. The Hall–Kier alpha value is -2.91.